The van der Waals surface area contributed by atoms with Crippen LogP contribution in [0, 0.1) is 11.8 Å². The fraction of sp³-hybridized carbons (Fsp3) is 0.536. The predicted octanol–water partition coefficient (Wildman–Crippen LogP) is 2.23. The zero-order valence-electron chi connectivity index (χ0n) is 23.0. The average molecular weight is 593 g/mol. The van der Waals surface area contributed by atoms with Gasteiger partial charge in [-0.3, -0.25) is 0 Å². The van der Waals surface area contributed by atoms with E-state index in [2.05, 4.69) is 5.32 Å². The third kappa shape index (κ3) is 6.87. The van der Waals surface area contributed by atoms with Crippen LogP contribution in [0.15, 0.2) is 47.4 Å². The fourth-order valence-corrected chi connectivity index (χ4v) is 6.88. The number of sulfonamides is 1. The van der Waals surface area contributed by atoms with E-state index in [1.807, 2.05) is 13.8 Å². The van der Waals surface area contributed by atoms with Crippen molar-refractivity contribution in [3.8, 4) is 17.2 Å². The second-order valence-electron chi connectivity index (χ2n) is 10.9. The van der Waals surface area contributed by atoms with Crippen LogP contribution < -0.4 is 14.8 Å². The Labute approximate surface area is 239 Å². The lowest BCUT2D eigenvalue weighted by Gasteiger charge is -2.31. The number of nitrogens with one attached hydrogen (secondary N) is 1. The molecule has 13 heteroatoms. The lowest BCUT2D eigenvalue weighted by Crippen LogP contribution is -2.51. The summed E-state index contributed by atoms with van der Waals surface area (Å²) < 4.78 is 56.0. The normalized spacial score (nSPS) is 23.0. The van der Waals surface area contributed by atoms with Crippen molar-refractivity contribution in [3.63, 3.8) is 0 Å². The highest BCUT2D eigenvalue weighted by Crippen LogP contribution is 2.35. The Kier molecular flexibility index (Phi) is 8.90. The highest BCUT2D eigenvalue weighted by atomic mass is 32.2. The molecule has 1 amide bonds. The first kappa shape index (κ1) is 29.4. The number of aliphatic hydroxyl groups is 1. The number of benzene rings is 2. The molecule has 5 rings (SSSR count). The van der Waals surface area contributed by atoms with Crippen LogP contribution in [-0.4, -0.2) is 86.7 Å². The molecule has 2 saturated heterocycles. The second kappa shape index (κ2) is 12.4. The molecule has 3 heterocycles. The maximum atomic E-state index is 13.7. The molecular formula is C28H36N2O10S. The van der Waals surface area contributed by atoms with E-state index < -0.39 is 40.7 Å². The van der Waals surface area contributed by atoms with Gasteiger partial charge in [-0.25, -0.2) is 13.2 Å². The van der Waals surface area contributed by atoms with Gasteiger partial charge in [-0.15, -0.1) is 0 Å². The number of nitrogens with zero attached hydrogens (tertiary/aromatic N) is 1. The Morgan fingerprint density at radius 2 is 1.85 bits per heavy atom. The van der Waals surface area contributed by atoms with Gasteiger partial charge in [-0.1, -0.05) is 26.0 Å². The first-order chi connectivity index (χ1) is 19.6. The monoisotopic (exact) mass is 592 g/mol. The molecule has 2 aromatic rings. The maximum Gasteiger partial charge on any atom is 0.407 e. The number of ether oxygens (including phenoxy) is 5. The van der Waals surface area contributed by atoms with E-state index in [0.29, 0.717) is 24.5 Å². The molecule has 0 saturated carbocycles. The summed E-state index contributed by atoms with van der Waals surface area (Å²) in [6.07, 6.45) is -2.06. The number of carbonyl (C=O) groups is 1. The first-order valence-corrected chi connectivity index (χ1v) is 15.1. The number of carbonyl (C=O) groups excluding carboxylic acids is 1. The van der Waals surface area contributed by atoms with E-state index in [4.69, 9.17) is 23.7 Å². The number of fused-ring (bicyclic) bond motifs is 2. The second-order valence-corrected chi connectivity index (χ2v) is 12.8. The van der Waals surface area contributed by atoms with Gasteiger partial charge in [0, 0.05) is 19.2 Å². The van der Waals surface area contributed by atoms with E-state index in [1.165, 1.54) is 34.6 Å². The highest BCUT2D eigenvalue weighted by Gasteiger charge is 2.44. The zero-order valence-corrected chi connectivity index (χ0v) is 23.8. The number of phenolic OH excluding ortho intramolecular Hbond substituents is 1. The van der Waals surface area contributed by atoms with Gasteiger partial charge in [0.05, 0.1) is 36.2 Å². The van der Waals surface area contributed by atoms with E-state index >= 15 is 0 Å². The van der Waals surface area contributed by atoms with Gasteiger partial charge in [-0.2, -0.15) is 4.31 Å². The molecule has 0 aromatic heterocycles. The molecule has 3 aliphatic heterocycles. The van der Waals surface area contributed by atoms with Gasteiger partial charge in [0.25, 0.3) is 0 Å². The highest BCUT2D eigenvalue weighted by molar-refractivity contribution is 7.89. The Balaban J connectivity index is 1.34. The van der Waals surface area contributed by atoms with Crippen LogP contribution in [0.2, 0.25) is 0 Å². The summed E-state index contributed by atoms with van der Waals surface area (Å²) in [6.45, 7) is 4.35. The molecule has 3 N–H and O–H groups in total. The third-order valence-electron chi connectivity index (χ3n) is 7.34. The molecule has 0 aliphatic carbocycles. The lowest BCUT2D eigenvalue weighted by atomic mass is 10.0. The van der Waals surface area contributed by atoms with Crippen molar-refractivity contribution in [2.45, 2.75) is 56.1 Å². The van der Waals surface area contributed by atoms with E-state index in [9.17, 15) is 23.4 Å². The topological polar surface area (TPSA) is 153 Å². The number of aromatic hydroxyl groups is 1. The number of hydrogen-bond donors (Lipinski definition) is 3. The quantitative estimate of drug-likeness (QED) is 0.354. The molecule has 41 heavy (non-hydrogen) atoms. The maximum absolute atomic E-state index is 13.7. The summed E-state index contributed by atoms with van der Waals surface area (Å²) in [5.74, 6) is 0.750. The van der Waals surface area contributed by atoms with Gasteiger partial charge in [0.15, 0.2) is 17.8 Å². The fourth-order valence-electron chi connectivity index (χ4n) is 5.24. The van der Waals surface area contributed by atoms with E-state index in [-0.39, 0.29) is 55.4 Å². The minimum absolute atomic E-state index is 0.00613. The van der Waals surface area contributed by atoms with Gasteiger partial charge >= 0.3 is 6.09 Å². The molecule has 2 aromatic carbocycles. The number of amides is 1. The molecule has 0 bridgehead atoms. The molecule has 5 unspecified atom stereocenters. The Hall–Kier alpha value is -3.10. The summed E-state index contributed by atoms with van der Waals surface area (Å²) in [5, 5.41) is 23.8. The van der Waals surface area contributed by atoms with Gasteiger partial charge in [0.1, 0.15) is 11.9 Å². The van der Waals surface area contributed by atoms with Crippen molar-refractivity contribution in [2.24, 2.45) is 11.8 Å². The number of aliphatic hydroxyl groups excluding tert-OH is 1. The van der Waals surface area contributed by atoms with Crippen LogP contribution >= 0.6 is 0 Å². The summed E-state index contributed by atoms with van der Waals surface area (Å²) in [7, 11) is -4.05. The summed E-state index contributed by atoms with van der Waals surface area (Å²) in [4.78, 5) is 13.0. The lowest BCUT2D eigenvalue weighted by molar-refractivity contribution is -0.0907. The third-order valence-corrected chi connectivity index (χ3v) is 9.17. The molecule has 0 spiro atoms. The van der Waals surface area contributed by atoms with Crippen molar-refractivity contribution in [3.05, 3.63) is 48.0 Å². The summed E-state index contributed by atoms with van der Waals surface area (Å²) >= 11 is 0. The smallest absolute Gasteiger partial charge is 0.407 e. The molecule has 0 radical (unpaired) electrons. The molecular weight excluding hydrogens is 556 g/mol. The average Bonchev–Trinajstić information content (AvgIpc) is 3.67. The Bertz CT molecular complexity index is 1320. The number of hydrogen-bond acceptors (Lipinski definition) is 10. The van der Waals surface area contributed by atoms with E-state index in [0.717, 1.165) is 5.56 Å². The van der Waals surface area contributed by atoms with Crippen molar-refractivity contribution < 1.29 is 47.1 Å². The standard InChI is InChI=1S/C28H36N2O10S/c1-17(2)13-30(41(34,35)20-7-8-24-25(12-20)39-16-38-24)14-23(32)22(11-18-3-5-19(31)6-4-18)29-28(33)40-26-15-37-27-21(26)9-10-36-27/h3-8,12,17,21-23,26-27,31-32H,9-11,13-16H2,1-2H3,(H,29,33). The summed E-state index contributed by atoms with van der Waals surface area (Å²) in [5.41, 5.74) is 0.717. The van der Waals surface area contributed by atoms with Crippen LogP contribution in [0.5, 0.6) is 17.2 Å². The molecule has 2 fully saturated rings. The molecule has 12 nitrogen and oxygen atoms in total. The first-order valence-electron chi connectivity index (χ1n) is 13.7. The minimum atomic E-state index is -4.05. The molecule has 224 valence electrons. The largest absolute Gasteiger partial charge is 0.508 e. The number of phenols is 1. The zero-order chi connectivity index (χ0) is 29.1. The van der Waals surface area contributed by atoms with Crippen LogP contribution in [0.3, 0.4) is 0 Å². The predicted molar refractivity (Wildman–Crippen MR) is 145 cm³/mol. The SMILES string of the molecule is CC(C)CN(CC(O)C(Cc1ccc(O)cc1)NC(=O)OC1COC2OCCC12)S(=O)(=O)c1ccc2c(c1)OCO2. The number of alkyl carbamates (subject to hydrolysis) is 1. The number of rotatable bonds is 11. The van der Waals surface area contributed by atoms with Crippen molar-refractivity contribution >= 4 is 16.1 Å². The van der Waals surface area contributed by atoms with Gasteiger partial charge in [0.2, 0.25) is 16.8 Å². The van der Waals surface area contributed by atoms with Crippen LogP contribution in [0.25, 0.3) is 0 Å². The van der Waals surface area contributed by atoms with Gasteiger partial charge in [-0.05, 0) is 48.6 Å². The van der Waals surface area contributed by atoms with Crippen molar-refractivity contribution in [1.29, 1.82) is 0 Å². The van der Waals surface area contributed by atoms with Gasteiger partial charge < -0.3 is 39.2 Å². The van der Waals surface area contributed by atoms with Crippen LogP contribution in [-0.2, 0) is 30.7 Å². The van der Waals surface area contributed by atoms with Crippen molar-refractivity contribution in [1.82, 2.24) is 9.62 Å². The van der Waals surface area contributed by atoms with Crippen LogP contribution in [0.1, 0.15) is 25.8 Å². The van der Waals surface area contributed by atoms with Crippen LogP contribution in [0.4, 0.5) is 4.79 Å². The molecule has 3 aliphatic rings. The Morgan fingerprint density at radius 3 is 2.61 bits per heavy atom. The van der Waals surface area contributed by atoms with Crippen molar-refractivity contribution in [2.75, 3.05) is 33.1 Å². The summed E-state index contributed by atoms with van der Waals surface area (Å²) in [6, 6.07) is 9.82. The Morgan fingerprint density at radius 1 is 1.10 bits per heavy atom. The minimum Gasteiger partial charge on any atom is -0.508 e. The molecule has 5 atom stereocenters. The van der Waals surface area contributed by atoms with E-state index in [1.54, 1.807) is 12.1 Å².